The molecule has 0 aliphatic carbocycles. The van der Waals surface area contributed by atoms with Crippen molar-refractivity contribution >= 4 is 17.4 Å². The van der Waals surface area contributed by atoms with Crippen molar-refractivity contribution in [3.63, 3.8) is 0 Å². The van der Waals surface area contributed by atoms with E-state index in [0.29, 0.717) is 17.8 Å². The number of para-hydroxylation sites is 1. The molecule has 32 heavy (non-hydrogen) atoms. The van der Waals surface area contributed by atoms with Gasteiger partial charge in [-0.3, -0.25) is 4.90 Å². The molecule has 0 saturated heterocycles. The number of urea groups is 1. The fraction of sp³-hybridized carbons (Fsp3) is 0.238. The zero-order valence-electron chi connectivity index (χ0n) is 17.5. The molecule has 0 radical (unpaired) electrons. The average molecular weight is 441 g/mol. The molecule has 1 aliphatic rings. The lowest BCUT2D eigenvalue weighted by atomic mass is 10.1. The summed E-state index contributed by atoms with van der Waals surface area (Å²) in [6.07, 6.45) is 0.785. The van der Waals surface area contributed by atoms with Crippen LogP contribution in [0.4, 0.5) is 25.0 Å². The summed E-state index contributed by atoms with van der Waals surface area (Å²) in [5.41, 5.74) is 7.24. The lowest BCUT2D eigenvalue weighted by molar-refractivity contribution is 0.213. The van der Waals surface area contributed by atoms with Gasteiger partial charge in [-0.05, 0) is 30.2 Å². The van der Waals surface area contributed by atoms with Crippen molar-refractivity contribution < 1.29 is 13.6 Å². The number of rotatable bonds is 5. The molecule has 11 heteroatoms. The molecule has 166 valence electrons. The van der Waals surface area contributed by atoms with Gasteiger partial charge in [0.15, 0.2) is 0 Å². The smallest absolute Gasteiger partial charge is 0.327 e. The SMILES string of the molecule is Cc1cc(N2C(=O)N(C)Cc3ccccc32)cnc1-n1cnn(CC(CN)=C(F)F)c1=O. The van der Waals surface area contributed by atoms with Crippen LogP contribution in [0.3, 0.4) is 0 Å². The molecular formula is C21H21F2N7O2. The van der Waals surface area contributed by atoms with E-state index < -0.39 is 18.3 Å². The number of halogens is 2. The Morgan fingerprint density at radius 2 is 1.97 bits per heavy atom. The highest BCUT2D eigenvalue weighted by Crippen LogP contribution is 2.34. The maximum Gasteiger partial charge on any atom is 0.351 e. The van der Waals surface area contributed by atoms with Gasteiger partial charge in [-0.1, -0.05) is 18.2 Å². The normalized spacial score (nSPS) is 13.3. The molecule has 2 N–H and O–H groups in total. The summed E-state index contributed by atoms with van der Waals surface area (Å²) >= 11 is 0. The van der Waals surface area contributed by atoms with Crippen LogP contribution in [0.25, 0.3) is 5.82 Å². The maximum absolute atomic E-state index is 12.9. The molecule has 0 fully saturated rings. The second kappa shape index (κ2) is 8.35. The lowest BCUT2D eigenvalue weighted by Crippen LogP contribution is -2.42. The minimum Gasteiger partial charge on any atom is -0.327 e. The Morgan fingerprint density at radius 3 is 2.66 bits per heavy atom. The minimum absolute atomic E-state index is 0.197. The Labute approximate surface area is 182 Å². The van der Waals surface area contributed by atoms with E-state index in [-0.39, 0.29) is 24.0 Å². The molecule has 0 saturated carbocycles. The summed E-state index contributed by atoms with van der Waals surface area (Å²) in [5.74, 6) is 0.287. The van der Waals surface area contributed by atoms with Gasteiger partial charge in [0.25, 0.3) is 6.08 Å². The molecule has 0 spiro atoms. The molecule has 2 amide bonds. The third-order valence-electron chi connectivity index (χ3n) is 5.27. The van der Waals surface area contributed by atoms with Crippen LogP contribution in [0.15, 0.2) is 59.3 Å². The van der Waals surface area contributed by atoms with Crippen LogP contribution < -0.4 is 16.3 Å². The summed E-state index contributed by atoms with van der Waals surface area (Å²) in [6, 6.07) is 9.14. The van der Waals surface area contributed by atoms with Gasteiger partial charge in [-0.25, -0.2) is 23.8 Å². The van der Waals surface area contributed by atoms with Crippen LogP contribution in [0.2, 0.25) is 0 Å². The number of benzene rings is 1. The summed E-state index contributed by atoms with van der Waals surface area (Å²) < 4.78 is 27.9. The Morgan fingerprint density at radius 1 is 1.22 bits per heavy atom. The highest BCUT2D eigenvalue weighted by molar-refractivity contribution is 6.01. The number of hydrogen-bond donors (Lipinski definition) is 1. The third-order valence-corrected chi connectivity index (χ3v) is 5.27. The van der Waals surface area contributed by atoms with E-state index in [4.69, 9.17) is 5.73 Å². The van der Waals surface area contributed by atoms with Crippen molar-refractivity contribution in [1.82, 2.24) is 24.2 Å². The monoisotopic (exact) mass is 441 g/mol. The van der Waals surface area contributed by atoms with E-state index in [1.54, 1.807) is 29.8 Å². The Balaban J connectivity index is 1.71. The van der Waals surface area contributed by atoms with E-state index in [0.717, 1.165) is 15.9 Å². The van der Waals surface area contributed by atoms with Gasteiger partial charge in [0.2, 0.25) is 0 Å². The number of pyridine rings is 1. The second-order valence-corrected chi connectivity index (χ2v) is 7.45. The Kier molecular flexibility index (Phi) is 5.57. The maximum atomic E-state index is 12.9. The summed E-state index contributed by atoms with van der Waals surface area (Å²) in [6.45, 7) is 1.45. The number of aryl methyl sites for hydroxylation is 1. The van der Waals surface area contributed by atoms with Crippen molar-refractivity contribution in [2.45, 2.75) is 20.0 Å². The molecule has 9 nitrogen and oxygen atoms in total. The van der Waals surface area contributed by atoms with Crippen LogP contribution in [-0.4, -0.2) is 43.9 Å². The third kappa shape index (κ3) is 3.66. The summed E-state index contributed by atoms with van der Waals surface area (Å²) in [7, 11) is 1.72. The number of carbonyl (C=O) groups is 1. The molecule has 3 aromatic rings. The van der Waals surface area contributed by atoms with E-state index in [1.165, 1.54) is 17.1 Å². The molecule has 3 heterocycles. The Bertz CT molecular complexity index is 1280. The molecule has 1 aliphatic heterocycles. The van der Waals surface area contributed by atoms with E-state index in [1.807, 2.05) is 24.3 Å². The molecule has 2 aromatic heterocycles. The lowest BCUT2D eigenvalue weighted by Gasteiger charge is -2.35. The molecule has 1 aromatic carbocycles. The fourth-order valence-corrected chi connectivity index (χ4v) is 3.61. The van der Waals surface area contributed by atoms with E-state index in [2.05, 4.69) is 10.1 Å². The topological polar surface area (TPSA) is 102 Å². The van der Waals surface area contributed by atoms with Crippen LogP contribution in [0.1, 0.15) is 11.1 Å². The van der Waals surface area contributed by atoms with Gasteiger partial charge in [0, 0.05) is 25.7 Å². The largest absolute Gasteiger partial charge is 0.351 e. The van der Waals surface area contributed by atoms with E-state index >= 15 is 0 Å². The highest BCUT2D eigenvalue weighted by atomic mass is 19.3. The minimum atomic E-state index is -1.93. The quantitative estimate of drug-likeness (QED) is 0.656. The molecular weight excluding hydrogens is 420 g/mol. The number of anilines is 2. The zero-order chi connectivity index (χ0) is 23.0. The second-order valence-electron chi connectivity index (χ2n) is 7.45. The van der Waals surface area contributed by atoms with Crippen molar-refractivity contribution in [3.05, 3.63) is 76.1 Å². The number of hydrogen-bond acceptors (Lipinski definition) is 5. The standard InChI is InChI=1S/C21H21F2N7O2/c1-13-7-16(30-17-6-4-3-5-14(17)10-27(2)20(30)31)9-25-19(13)28-12-26-29(21(28)32)11-15(8-24)18(22)23/h3-7,9,12H,8,10-11,24H2,1-2H3. The number of fused-ring (bicyclic) bond motifs is 1. The predicted molar refractivity (Wildman–Crippen MR) is 114 cm³/mol. The number of amides is 2. The molecule has 0 atom stereocenters. The van der Waals surface area contributed by atoms with Crippen molar-refractivity contribution in [2.24, 2.45) is 5.73 Å². The number of nitrogens with zero attached hydrogens (tertiary/aromatic N) is 6. The number of carbonyl (C=O) groups excluding carboxylic acids is 1. The van der Waals surface area contributed by atoms with Crippen LogP contribution >= 0.6 is 0 Å². The number of aromatic nitrogens is 4. The van der Waals surface area contributed by atoms with Gasteiger partial charge < -0.3 is 10.6 Å². The van der Waals surface area contributed by atoms with Crippen molar-refractivity contribution in [3.8, 4) is 5.82 Å². The molecule has 0 unspecified atom stereocenters. The van der Waals surface area contributed by atoms with Gasteiger partial charge in [0.1, 0.15) is 12.1 Å². The van der Waals surface area contributed by atoms with Crippen molar-refractivity contribution in [1.29, 1.82) is 0 Å². The molecule has 4 rings (SSSR count). The molecule has 0 bridgehead atoms. The van der Waals surface area contributed by atoms with Gasteiger partial charge in [0.05, 0.1) is 24.1 Å². The van der Waals surface area contributed by atoms with Crippen molar-refractivity contribution in [2.75, 3.05) is 18.5 Å². The first-order valence-corrected chi connectivity index (χ1v) is 9.79. The van der Waals surface area contributed by atoms with Gasteiger partial charge in [-0.2, -0.15) is 13.9 Å². The highest BCUT2D eigenvalue weighted by Gasteiger charge is 2.29. The summed E-state index contributed by atoms with van der Waals surface area (Å²) in [5, 5.41) is 3.90. The zero-order valence-corrected chi connectivity index (χ0v) is 17.5. The van der Waals surface area contributed by atoms with Crippen LogP contribution in [0, 0.1) is 6.92 Å². The van der Waals surface area contributed by atoms with Gasteiger partial charge >= 0.3 is 11.7 Å². The average Bonchev–Trinajstić information content (AvgIpc) is 3.12. The number of nitrogens with two attached hydrogens (primary N) is 1. The predicted octanol–water partition coefficient (Wildman–Crippen LogP) is 2.55. The van der Waals surface area contributed by atoms with Gasteiger partial charge in [-0.15, -0.1) is 0 Å². The van der Waals surface area contributed by atoms with Crippen LogP contribution in [-0.2, 0) is 13.1 Å². The van der Waals surface area contributed by atoms with Crippen LogP contribution in [0.5, 0.6) is 0 Å². The summed E-state index contributed by atoms with van der Waals surface area (Å²) in [4.78, 5) is 33.1. The van der Waals surface area contributed by atoms with E-state index in [9.17, 15) is 18.4 Å². The first-order valence-electron chi connectivity index (χ1n) is 9.79. The first kappa shape index (κ1) is 21.4. The fourth-order valence-electron chi connectivity index (χ4n) is 3.61. The Hall–Kier alpha value is -3.86. The first-order chi connectivity index (χ1) is 15.3.